The van der Waals surface area contributed by atoms with Crippen LogP contribution in [-0.2, 0) is 0 Å². The Labute approximate surface area is 188 Å². The van der Waals surface area contributed by atoms with Gasteiger partial charge in [0.1, 0.15) is 11.5 Å². The Balaban J connectivity index is 1.81. The van der Waals surface area contributed by atoms with Gasteiger partial charge >= 0.3 is 8.56 Å². The average Bonchev–Trinajstić information content (AvgIpc) is 2.73. The fourth-order valence-corrected chi connectivity index (χ4v) is 8.00. The summed E-state index contributed by atoms with van der Waals surface area (Å²) in [5, 5.41) is 4.65. The highest BCUT2D eigenvalue weighted by atomic mass is 79.9. The summed E-state index contributed by atoms with van der Waals surface area (Å²) in [7, 11) is -2.70. The SMILES string of the molecule is CC(C)[Si](Oc1cc2ccccc2cc1Br)(Oc1cccc2ccccc12)C(C)C. The van der Waals surface area contributed by atoms with Crippen molar-refractivity contribution in [1.82, 2.24) is 0 Å². The third-order valence-electron chi connectivity index (χ3n) is 5.70. The highest BCUT2D eigenvalue weighted by Crippen LogP contribution is 2.41. The van der Waals surface area contributed by atoms with Gasteiger partial charge in [-0.15, -0.1) is 0 Å². The zero-order valence-corrected chi connectivity index (χ0v) is 20.4. The second kappa shape index (κ2) is 8.44. The standard InChI is InChI=1S/C26H27BrO2Si/c1-18(2)30(19(3)4,28-25-15-9-13-20-10-7-8-14-23(20)25)29-26-17-22-12-6-5-11-21(22)16-24(26)27/h5-19H,1-4H3. The highest BCUT2D eigenvalue weighted by Gasteiger charge is 2.50. The molecule has 0 amide bonds. The van der Waals surface area contributed by atoms with Gasteiger partial charge in [-0.1, -0.05) is 88.4 Å². The molecule has 0 aliphatic carbocycles. The molecule has 4 rings (SSSR count). The van der Waals surface area contributed by atoms with Crippen molar-refractivity contribution in [2.75, 3.05) is 0 Å². The molecule has 2 nitrogen and oxygen atoms in total. The lowest BCUT2D eigenvalue weighted by Gasteiger charge is -2.38. The summed E-state index contributed by atoms with van der Waals surface area (Å²) in [5.74, 6) is 1.75. The maximum atomic E-state index is 6.91. The Morgan fingerprint density at radius 1 is 0.633 bits per heavy atom. The molecule has 4 aromatic carbocycles. The molecule has 0 N–H and O–H groups in total. The zero-order chi connectivity index (χ0) is 21.3. The maximum Gasteiger partial charge on any atom is 0.465 e. The first kappa shape index (κ1) is 20.9. The van der Waals surface area contributed by atoms with Crippen LogP contribution in [0.4, 0.5) is 0 Å². The van der Waals surface area contributed by atoms with Crippen LogP contribution in [0.25, 0.3) is 21.5 Å². The molecule has 0 bridgehead atoms. The molecular formula is C26H27BrO2Si. The molecule has 154 valence electrons. The van der Waals surface area contributed by atoms with Crippen LogP contribution in [-0.4, -0.2) is 8.56 Å². The number of hydrogen-bond donors (Lipinski definition) is 0. The molecule has 4 heteroatoms. The molecule has 0 radical (unpaired) electrons. The molecule has 0 unspecified atom stereocenters. The Bertz CT molecular complexity index is 1170. The number of halogens is 1. The normalized spacial score (nSPS) is 12.1. The number of fused-ring (bicyclic) bond motifs is 2. The summed E-state index contributed by atoms with van der Waals surface area (Å²) in [4.78, 5) is 0. The van der Waals surface area contributed by atoms with Gasteiger partial charge < -0.3 is 8.85 Å². The molecule has 30 heavy (non-hydrogen) atoms. The Morgan fingerprint density at radius 2 is 1.17 bits per heavy atom. The lowest BCUT2D eigenvalue weighted by molar-refractivity contribution is 0.352. The van der Waals surface area contributed by atoms with Gasteiger partial charge in [-0.25, -0.2) is 0 Å². The van der Waals surface area contributed by atoms with Gasteiger partial charge in [-0.3, -0.25) is 0 Å². The number of hydrogen-bond acceptors (Lipinski definition) is 2. The zero-order valence-electron chi connectivity index (χ0n) is 17.9. The van der Waals surface area contributed by atoms with Crippen molar-refractivity contribution in [3.05, 3.63) is 83.3 Å². The predicted molar refractivity (Wildman–Crippen MR) is 133 cm³/mol. The molecule has 0 saturated carbocycles. The van der Waals surface area contributed by atoms with Crippen molar-refractivity contribution in [2.45, 2.75) is 38.8 Å². The van der Waals surface area contributed by atoms with E-state index >= 15 is 0 Å². The monoisotopic (exact) mass is 478 g/mol. The van der Waals surface area contributed by atoms with Crippen LogP contribution in [0.2, 0.25) is 11.1 Å². The molecule has 0 atom stereocenters. The van der Waals surface area contributed by atoms with Crippen molar-refractivity contribution in [2.24, 2.45) is 0 Å². The highest BCUT2D eigenvalue weighted by molar-refractivity contribution is 9.10. The predicted octanol–water partition coefficient (Wildman–Crippen LogP) is 8.48. The van der Waals surface area contributed by atoms with Crippen molar-refractivity contribution in [3.8, 4) is 11.5 Å². The van der Waals surface area contributed by atoms with Crippen LogP contribution in [0.5, 0.6) is 11.5 Å². The van der Waals surface area contributed by atoms with E-state index in [0.717, 1.165) is 26.7 Å². The van der Waals surface area contributed by atoms with E-state index in [-0.39, 0.29) is 11.1 Å². The second-order valence-electron chi connectivity index (χ2n) is 8.34. The third kappa shape index (κ3) is 3.86. The smallest absolute Gasteiger partial charge is 0.465 e. The molecular weight excluding hydrogens is 452 g/mol. The van der Waals surface area contributed by atoms with Crippen molar-refractivity contribution >= 4 is 46.0 Å². The van der Waals surface area contributed by atoms with Gasteiger partial charge in [0.15, 0.2) is 0 Å². The summed E-state index contributed by atoms with van der Waals surface area (Å²) in [6.45, 7) is 8.86. The van der Waals surface area contributed by atoms with E-state index in [1.165, 1.54) is 10.8 Å². The van der Waals surface area contributed by atoms with Gasteiger partial charge in [-0.2, -0.15) is 0 Å². The first-order valence-electron chi connectivity index (χ1n) is 10.4. The van der Waals surface area contributed by atoms with E-state index in [2.05, 4.69) is 122 Å². The first-order valence-corrected chi connectivity index (χ1v) is 13.2. The molecule has 4 aromatic rings. The summed E-state index contributed by atoms with van der Waals surface area (Å²) < 4.78 is 14.8. The minimum absolute atomic E-state index is 0.259. The van der Waals surface area contributed by atoms with Crippen LogP contribution in [0.15, 0.2) is 83.3 Å². The van der Waals surface area contributed by atoms with Crippen LogP contribution in [0.3, 0.4) is 0 Å². The molecule has 0 heterocycles. The van der Waals surface area contributed by atoms with Crippen molar-refractivity contribution in [1.29, 1.82) is 0 Å². The van der Waals surface area contributed by atoms with Gasteiger partial charge in [0.25, 0.3) is 0 Å². The second-order valence-corrected chi connectivity index (χ2v) is 13.4. The largest absolute Gasteiger partial charge is 0.511 e. The maximum absolute atomic E-state index is 6.91. The summed E-state index contributed by atoms with van der Waals surface area (Å²) in [6, 6.07) is 27.2. The van der Waals surface area contributed by atoms with E-state index in [4.69, 9.17) is 8.85 Å². The van der Waals surface area contributed by atoms with Crippen LogP contribution in [0, 0.1) is 0 Å². The molecule has 0 aliphatic heterocycles. The first-order chi connectivity index (χ1) is 14.4. The Hall–Kier alpha value is -2.30. The lowest BCUT2D eigenvalue weighted by Crippen LogP contribution is -2.54. The third-order valence-corrected chi connectivity index (χ3v) is 10.6. The molecule has 0 aliphatic rings. The van der Waals surface area contributed by atoms with Gasteiger partial charge in [0.05, 0.1) is 4.47 Å². The van der Waals surface area contributed by atoms with Crippen molar-refractivity contribution in [3.63, 3.8) is 0 Å². The fourth-order valence-electron chi connectivity index (χ4n) is 4.06. The van der Waals surface area contributed by atoms with Gasteiger partial charge in [0, 0.05) is 16.5 Å². The van der Waals surface area contributed by atoms with Gasteiger partial charge in [0.2, 0.25) is 0 Å². The fraction of sp³-hybridized carbons (Fsp3) is 0.231. The average molecular weight is 479 g/mol. The van der Waals surface area contributed by atoms with E-state index < -0.39 is 8.56 Å². The van der Waals surface area contributed by atoms with Gasteiger partial charge in [-0.05, 0) is 50.3 Å². The van der Waals surface area contributed by atoms with E-state index in [1.807, 2.05) is 0 Å². The lowest BCUT2D eigenvalue weighted by atomic mass is 10.1. The van der Waals surface area contributed by atoms with E-state index in [1.54, 1.807) is 0 Å². The number of benzene rings is 4. The summed E-state index contributed by atoms with van der Waals surface area (Å²) >= 11 is 3.74. The minimum Gasteiger partial charge on any atom is -0.511 e. The molecule has 0 fully saturated rings. The van der Waals surface area contributed by atoms with Crippen LogP contribution in [0.1, 0.15) is 27.7 Å². The molecule has 0 saturated heterocycles. The molecule has 0 aromatic heterocycles. The van der Waals surface area contributed by atoms with Crippen LogP contribution < -0.4 is 8.85 Å². The summed E-state index contributed by atoms with van der Waals surface area (Å²) in [5.41, 5.74) is 0.518. The minimum atomic E-state index is -2.70. The number of rotatable bonds is 6. The quantitative estimate of drug-likeness (QED) is 0.258. The van der Waals surface area contributed by atoms with E-state index in [9.17, 15) is 0 Å². The Morgan fingerprint density at radius 3 is 1.83 bits per heavy atom. The van der Waals surface area contributed by atoms with Crippen LogP contribution >= 0.6 is 15.9 Å². The van der Waals surface area contributed by atoms with E-state index in [0.29, 0.717) is 0 Å². The Kier molecular flexibility index (Phi) is 5.90. The van der Waals surface area contributed by atoms with Crippen molar-refractivity contribution < 1.29 is 8.85 Å². The summed E-state index contributed by atoms with van der Waals surface area (Å²) in [6.07, 6.45) is 0. The topological polar surface area (TPSA) is 18.5 Å². The molecule has 0 spiro atoms.